The molecule has 1 amide bonds. The van der Waals surface area contributed by atoms with Gasteiger partial charge in [-0.3, -0.25) is 4.79 Å². The number of hydrogen-bond acceptors (Lipinski definition) is 7. The van der Waals surface area contributed by atoms with Crippen LogP contribution >= 0.6 is 0 Å². The molecule has 9 heteroatoms. The van der Waals surface area contributed by atoms with Gasteiger partial charge in [0, 0.05) is 37.3 Å². The van der Waals surface area contributed by atoms with E-state index in [-0.39, 0.29) is 11.8 Å². The van der Waals surface area contributed by atoms with Gasteiger partial charge in [0.1, 0.15) is 12.2 Å². The minimum atomic E-state index is -0.117. The topological polar surface area (TPSA) is 112 Å². The molecule has 9 nitrogen and oxygen atoms in total. The molecule has 2 aromatic carbocycles. The highest BCUT2D eigenvalue weighted by Crippen LogP contribution is 2.29. The van der Waals surface area contributed by atoms with Gasteiger partial charge in [0.2, 0.25) is 17.8 Å². The van der Waals surface area contributed by atoms with Crippen molar-refractivity contribution in [3.63, 3.8) is 0 Å². The second-order valence-electron chi connectivity index (χ2n) is 8.42. The normalized spacial score (nSPS) is 16.1. The van der Waals surface area contributed by atoms with E-state index in [4.69, 9.17) is 4.98 Å². The number of piperidine rings is 1. The zero-order valence-corrected chi connectivity index (χ0v) is 18.7. The summed E-state index contributed by atoms with van der Waals surface area (Å²) >= 11 is 0. The largest absolute Gasteiger partial charge is 0.342 e. The third kappa shape index (κ3) is 4.77. The van der Waals surface area contributed by atoms with Crippen molar-refractivity contribution in [2.75, 3.05) is 28.6 Å². The van der Waals surface area contributed by atoms with Gasteiger partial charge in [-0.05, 0) is 55.7 Å². The summed E-state index contributed by atoms with van der Waals surface area (Å²) < 4.78 is 0. The van der Waals surface area contributed by atoms with Crippen molar-refractivity contribution in [3.8, 4) is 0 Å². The van der Waals surface area contributed by atoms with Gasteiger partial charge < -0.3 is 20.5 Å². The van der Waals surface area contributed by atoms with E-state index in [0.717, 1.165) is 48.5 Å². The zero-order chi connectivity index (χ0) is 22.8. The van der Waals surface area contributed by atoms with Crippen molar-refractivity contribution in [1.82, 2.24) is 24.9 Å². The van der Waals surface area contributed by atoms with Gasteiger partial charge in [-0.25, -0.2) is 15.0 Å². The number of rotatable bonds is 5. The van der Waals surface area contributed by atoms with Gasteiger partial charge in [-0.2, -0.15) is 4.98 Å². The summed E-state index contributed by atoms with van der Waals surface area (Å²) in [6, 6.07) is 13.7. The highest BCUT2D eigenvalue weighted by atomic mass is 16.1. The molecule has 0 saturated carbocycles. The van der Waals surface area contributed by atoms with Crippen molar-refractivity contribution in [1.29, 1.82) is 0 Å². The molecule has 1 unspecified atom stereocenters. The summed E-state index contributed by atoms with van der Waals surface area (Å²) in [7, 11) is 0. The SMILES string of the molecule is CC(=O)Nc1cccc(Nc2ncnc(N3CCCC(c4nc5ccc(C)cc5[nH]4)C3)n2)c1. The maximum Gasteiger partial charge on any atom is 0.231 e. The molecule has 5 rings (SSSR count). The molecule has 33 heavy (non-hydrogen) atoms. The summed E-state index contributed by atoms with van der Waals surface area (Å²) in [4.78, 5) is 35.2. The molecule has 1 fully saturated rings. The molecule has 168 valence electrons. The molecule has 3 heterocycles. The number of benzene rings is 2. The van der Waals surface area contributed by atoms with E-state index in [2.05, 4.69) is 60.6 Å². The Bertz CT molecular complexity index is 1300. The predicted molar refractivity (Wildman–Crippen MR) is 129 cm³/mol. The van der Waals surface area contributed by atoms with Crippen LogP contribution in [0.2, 0.25) is 0 Å². The van der Waals surface area contributed by atoms with Crippen molar-refractivity contribution < 1.29 is 4.79 Å². The summed E-state index contributed by atoms with van der Waals surface area (Å²) in [6.45, 7) is 5.25. The quantitative estimate of drug-likeness (QED) is 0.426. The second-order valence-corrected chi connectivity index (χ2v) is 8.42. The highest BCUT2D eigenvalue weighted by Gasteiger charge is 2.25. The lowest BCUT2D eigenvalue weighted by Gasteiger charge is -2.31. The smallest absolute Gasteiger partial charge is 0.231 e. The van der Waals surface area contributed by atoms with Gasteiger partial charge >= 0.3 is 0 Å². The number of nitrogens with one attached hydrogen (secondary N) is 3. The number of anilines is 4. The summed E-state index contributed by atoms with van der Waals surface area (Å²) in [5.74, 6) is 2.29. The summed E-state index contributed by atoms with van der Waals surface area (Å²) in [5, 5.41) is 5.98. The van der Waals surface area contributed by atoms with Crippen LogP contribution in [0.3, 0.4) is 0 Å². The maximum atomic E-state index is 11.3. The molecule has 0 spiro atoms. The molecule has 0 radical (unpaired) electrons. The van der Waals surface area contributed by atoms with Crippen molar-refractivity contribution >= 4 is 40.2 Å². The van der Waals surface area contributed by atoms with E-state index >= 15 is 0 Å². The van der Waals surface area contributed by atoms with Gasteiger partial charge in [-0.1, -0.05) is 12.1 Å². The maximum absolute atomic E-state index is 11.3. The number of nitrogens with zero attached hydrogens (tertiary/aromatic N) is 5. The first-order valence-electron chi connectivity index (χ1n) is 11.1. The number of fused-ring (bicyclic) bond motifs is 1. The fraction of sp³-hybridized carbons (Fsp3) is 0.292. The Balaban J connectivity index is 1.32. The molecule has 1 aliphatic rings. The van der Waals surface area contributed by atoms with E-state index in [0.29, 0.717) is 17.6 Å². The van der Waals surface area contributed by atoms with Crippen LogP contribution in [0.25, 0.3) is 11.0 Å². The van der Waals surface area contributed by atoms with Crippen LogP contribution in [0.4, 0.5) is 23.3 Å². The molecular weight excluding hydrogens is 416 g/mol. The standard InChI is InChI=1S/C24H26N8O/c1-15-8-9-20-21(11-15)30-22(29-20)17-5-4-10-32(13-17)24-26-14-25-23(31-24)28-19-7-3-6-18(12-19)27-16(2)33/h3,6-9,11-12,14,17H,4-5,10,13H2,1-2H3,(H,27,33)(H,29,30)(H,25,26,28,31). The van der Waals surface area contributed by atoms with E-state index in [1.54, 1.807) is 0 Å². The summed E-state index contributed by atoms with van der Waals surface area (Å²) in [6.07, 6.45) is 3.63. The number of imidazole rings is 1. The predicted octanol–water partition coefficient (Wildman–Crippen LogP) is 4.14. The Hall–Kier alpha value is -4.01. The van der Waals surface area contributed by atoms with Crippen LogP contribution in [-0.2, 0) is 4.79 Å². The molecule has 0 aliphatic carbocycles. The van der Waals surface area contributed by atoms with Crippen LogP contribution in [0, 0.1) is 6.92 Å². The van der Waals surface area contributed by atoms with E-state index in [1.807, 2.05) is 24.3 Å². The third-order valence-electron chi connectivity index (χ3n) is 5.74. The Labute approximate surface area is 191 Å². The lowest BCUT2D eigenvalue weighted by Crippen LogP contribution is -2.36. The first-order valence-corrected chi connectivity index (χ1v) is 11.1. The number of aryl methyl sites for hydroxylation is 1. The monoisotopic (exact) mass is 442 g/mol. The van der Waals surface area contributed by atoms with Crippen LogP contribution in [0.1, 0.15) is 37.1 Å². The average molecular weight is 443 g/mol. The number of carbonyl (C=O) groups excluding carboxylic acids is 1. The number of H-pyrrole nitrogens is 1. The van der Waals surface area contributed by atoms with Crippen LogP contribution in [0.15, 0.2) is 48.8 Å². The number of amides is 1. The highest BCUT2D eigenvalue weighted by molar-refractivity contribution is 5.89. The fourth-order valence-corrected chi connectivity index (χ4v) is 4.23. The molecule has 3 N–H and O–H groups in total. The van der Waals surface area contributed by atoms with Crippen LogP contribution < -0.4 is 15.5 Å². The minimum absolute atomic E-state index is 0.117. The average Bonchev–Trinajstić information content (AvgIpc) is 3.22. The Morgan fingerprint density at radius 3 is 2.88 bits per heavy atom. The minimum Gasteiger partial charge on any atom is -0.342 e. The number of aromatic nitrogens is 5. The third-order valence-corrected chi connectivity index (χ3v) is 5.74. The van der Waals surface area contributed by atoms with E-state index in [1.165, 1.54) is 18.8 Å². The van der Waals surface area contributed by atoms with Crippen molar-refractivity contribution in [2.24, 2.45) is 0 Å². The Morgan fingerprint density at radius 1 is 1.12 bits per heavy atom. The molecule has 2 aromatic heterocycles. The van der Waals surface area contributed by atoms with E-state index in [9.17, 15) is 4.79 Å². The Morgan fingerprint density at radius 2 is 2.00 bits per heavy atom. The Kier molecular flexibility index (Phi) is 5.60. The van der Waals surface area contributed by atoms with Gasteiger partial charge in [0.05, 0.1) is 11.0 Å². The number of aromatic amines is 1. The molecule has 1 saturated heterocycles. The van der Waals surface area contributed by atoms with E-state index < -0.39 is 0 Å². The molecular formula is C24H26N8O. The first kappa shape index (κ1) is 20.9. The molecule has 4 aromatic rings. The second kappa shape index (κ2) is 8.85. The lowest BCUT2D eigenvalue weighted by atomic mass is 9.98. The number of carbonyl (C=O) groups is 1. The van der Waals surface area contributed by atoms with Gasteiger partial charge in [0.25, 0.3) is 0 Å². The van der Waals surface area contributed by atoms with Gasteiger partial charge in [-0.15, -0.1) is 0 Å². The van der Waals surface area contributed by atoms with Crippen molar-refractivity contribution in [3.05, 3.63) is 60.2 Å². The molecule has 0 bridgehead atoms. The van der Waals surface area contributed by atoms with Gasteiger partial charge in [0.15, 0.2) is 0 Å². The summed E-state index contributed by atoms with van der Waals surface area (Å²) in [5.41, 5.74) is 4.79. The number of hydrogen-bond donors (Lipinski definition) is 3. The fourth-order valence-electron chi connectivity index (χ4n) is 4.23. The van der Waals surface area contributed by atoms with Crippen LogP contribution in [-0.4, -0.2) is 43.9 Å². The first-order chi connectivity index (χ1) is 16.0. The molecule has 1 atom stereocenters. The zero-order valence-electron chi connectivity index (χ0n) is 18.7. The van der Waals surface area contributed by atoms with Crippen molar-refractivity contribution in [2.45, 2.75) is 32.6 Å². The lowest BCUT2D eigenvalue weighted by molar-refractivity contribution is -0.114. The molecule has 1 aliphatic heterocycles. The van der Waals surface area contributed by atoms with Crippen LogP contribution in [0.5, 0.6) is 0 Å².